The first-order chi connectivity index (χ1) is 7.66. The summed E-state index contributed by atoms with van der Waals surface area (Å²) in [6.45, 7) is 11.1. The van der Waals surface area contributed by atoms with Gasteiger partial charge in [0.2, 0.25) is 0 Å². The van der Waals surface area contributed by atoms with E-state index < -0.39 is 0 Å². The molecule has 0 radical (unpaired) electrons. The SMILES string of the molecule is CC1(C)CCC(NCCN2CCOCC2)C1. The van der Waals surface area contributed by atoms with E-state index in [0.717, 1.165) is 38.9 Å². The normalized spacial score (nSPS) is 30.8. The van der Waals surface area contributed by atoms with Crippen LogP contribution in [0.15, 0.2) is 0 Å². The molecule has 2 fully saturated rings. The molecular formula is C13H26N2O. The first-order valence-corrected chi connectivity index (χ1v) is 6.69. The highest BCUT2D eigenvalue weighted by molar-refractivity contribution is 4.86. The summed E-state index contributed by atoms with van der Waals surface area (Å²) in [6.07, 6.45) is 4.08. The number of morpholine rings is 1. The van der Waals surface area contributed by atoms with Crippen molar-refractivity contribution >= 4 is 0 Å². The summed E-state index contributed by atoms with van der Waals surface area (Å²) < 4.78 is 5.34. The molecule has 3 heteroatoms. The zero-order chi connectivity index (χ0) is 11.4. The monoisotopic (exact) mass is 226 g/mol. The predicted molar refractivity (Wildman–Crippen MR) is 66.7 cm³/mol. The quantitative estimate of drug-likeness (QED) is 0.786. The van der Waals surface area contributed by atoms with E-state index in [1.807, 2.05) is 0 Å². The lowest BCUT2D eigenvalue weighted by Gasteiger charge is -2.27. The molecule has 1 N–H and O–H groups in total. The molecule has 94 valence electrons. The molecule has 2 rings (SSSR count). The molecule has 0 amide bonds. The van der Waals surface area contributed by atoms with E-state index in [4.69, 9.17) is 4.74 Å². The third-order valence-corrected chi connectivity index (χ3v) is 3.93. The lowest BCUT2D eigenvalue weighted by Crippen LogP contribution is -2.42. The third-order valence-electron chi connectivity index (χ3n) is 3.93. The summed E-state index contributed by atoms with van der Waals surface area (Å²) in [5.74, 6) is 0. The van der Waals surface area contributed by atoms with E-state index in [2.05, 4.69) is 24.1 Å². The topological polar surface area (TPSA) is 24.5 Å². The van der Waals surface area contributed by atoms with Crippen LogP contribution in [0.4, 0.5) is 0 Å². The predicted octanol–water partition coefficient (Wildman–Crippen LogP) is 1.49. The van der Waals surface area contributed by atoms with Gasteiger partial charge in [-0.1, -0.05) is 13.8 Å². The smallest absolute Gasteiger partial charge is 0.0594 e. The van der Waals surface area contributed by atoms with Gasteiger partial charge in [0.1, 0.15) is 0 Å². The lowest BCUT2D eigenvalue weighted by molar-refractivity contribution is 0.0381. The van der Waals surface area contributed by atoms with Gasteiger partial charge in [-0.3, -0.25) is 4.90 Å². The number of rotatable bonds is 4. The second-order valence-electron chi connectivity index (χ2n) is 6.01. The first kappa shape index (κ1) is 12.3. The highest BCUT2D eigenvalue weighted by Crippen LogP contribution is 2.36. The summed E-state index contributed by atoms with van der Waals surface area (Å²) in [5, 5.41) is 3.70. The molecule has 1 aliphatic heterocycles. The van der Waals surface area contributed by atoms with Crippen molar-refractivity contribution < 1.29 is 4.74 Å². The van der Waals surface area contributed by atoms with Gasteiger partial charge in [-0.15, -0.1) is 0 Å². The van der Waals surface area contributed by atoms with Gasteiger partial charge in [0.15, 0.2) is 0 Å². The second kappa shape index (κ2) is 5.48. The van der Waals surface area contributed by atoms with Gasteiger partial charge in [0, 0.05) is 32.2 Å². The van der Waals surface area contributed by atoms with E-state index in [9.17, 15) is 0 Å². The lowest BCUT2D eigenvalue weighted by atomic mass is 9.92. The Labute approximate surface area is 99.5 Å². The molecule has 0 aromatic rings. The van der Waals surface area contributed by atoms with E-state index >= 15 is 0 Å². The first-order valence-electron chi connectivity index (χ1n) is 6.69. The summed E-state index contributed by atoms with van der Waals surface area (Å²) in [7, 11) is 0. The third kappa shape index (κ3) is 3.72. The molecular weight excluding hydrogens is 200 g/mol. The van der Waals surface area contributed by atoms with Crippen molar-refractivity contribution in [2.24, 2.45) is 5.41 Å². The Morgan fingerprint density at radius 1 is 1.31 bits per heavy atom. The molecule has 1 unspecified atom stereocenters. The minimum absolute atomic E-state index is 0.566. The zero-order valence-electron chi connectivity index (χ0n) is 10.8. The van der Waals surface area contributed by atoms with Crippen LogP contribution in [0.2, 0.25) is 0 Å². The Kier molecular flexibility index (Phi) is 4.22. The standard InChI is InChI=1S/C13H26N2O/c1-13(2)4-3-12(11-13)14-5-6-15-7-9-16-10-8-15/h12,14H,3-11H2,1-2H3. The van der Waals surface area contributed by atoms with Crippen molar-refractivity contribution in [2.75, 3.05) is 39.4 Å². The van der Waals surface area contributed by atoms with Crippen LogP contribution in [0, 0.1) is 5.41 Å². The Morgan fingerprint density at radius 3 is 2.69 bits per heavy atom. The average molecular weight is 226 g/mol. The Bertz CT molecular complexity index is 212. The van der Waals surface area contributed by atoms with Crippen LogP contribution < -0.4 is 5.32 Å². The van der Waals surface area contributed by atoms with Crippen molar-refractivity contribution in [2.45, 2.75) is 39.2 Å². The molecule has 1 aliphatic carbocycles. The summed E-state index contributed by atoms with van der Waals surface area (Å²) in [4.78, 5) is 2.50. The molecule has 1 atom stereocenters. The molecule has 3 nitrogen and oxygen atoms in total. The highest BCUT2D eigenvalue weighted by Gasteiger charge is 2.30. The van der Waals surface area contributed by atoms with Gasteiger partial charge in [-0.2, -0.15) is 0 Å². The van der Waals surface area contributed by atoms with Gasteiger partial charge >= 0.3 is 0 Å². The fraction of sp³-hybridized carbons (Fsp3) is 1.00. The molecule has 1 saturated heterocycles. The van der Waals surface area contributed by atoms with Crippen molar-refractivity contribution in [3.05, 3.63) is 0 Å². The molecule has 1 heterocycles. The van der Waals surface area contributed by atoms with Crippen molar-refractivity contribution in [1.29, 1.82) is 0 Å². The van der Waals surface area contributed by atoms with E-state index in [0.29, 0.717) is 5.41 Å². The summed E-state index contributed by atoms with van der Waals surface area (Å²) in [5.41, 5.74) is 0.566. The fourth-order valence-electron chi connectivity index (χ4n) is 2.86. The maximum Gasteiger partial charge on any atom is 0.0594 e. The van der Waals surface area contributed by atoms with E-state index in [1.165, 1.54) is 25.8 Å². The van der Waals surface area contributed by atoms with Gasteiger partial charge in [0.05, 0.1) is 13.2 Å². The minimum Gasteiger partial charge on any atom is -0.379 e. The highest BCUT2D eigenvalue weighted by atomic mass is 16.5. The number of nitrogens with zero attached hydrogens (tertiary/aromatic N) is 1. The maximum atomic E-state index is 5.34. The number of ether oxygens (including phenoxy) is 1. The van der Waals surface area contributed by atoms with E-state index in [-0.39, 0.29) is 0 Å². The molecule has 0 aromatic carbocycles. The fourth-order valence-corrected chi connectivity index (χ4v) is 2.86. The van der Waals surface area contributed by atoms with Crippen LogP contribution >= 0.6 is 0 Å². The second-order valence-corrected chi connectivity index (χ2v) is 6.01. The van der Waals surface area contributed by atoms with Crippen molar-refractivity contribution in [3.63, 3.8) is 0 Å². The maximum absolute atomic E-state index is 5.34. The molecule has 2 aliphatic rings. The molecule has 1 saturated carbocycles. The Morgan fingerprint density at radius 2 is 2.06 bits per heavy atom. The van der Waals surface area contributed by atoms with Crippen molar-refractivity contribution in [1.82, 2.24) is 10.2 Å². The molecule has 0 bridgehead atoms. The number of hydrogen-bond acceptors (Lipinski definition) is 3. The van der Waals surface area contributed by atoms with Crippen LogP contribution in [0.25, 0.3) is 0 Å². The number of nitrogens with one attached hydrogen (secondary N) is 1. The summed E-state index contributed by atoms with van der Waals surface area (Å²) in [6, 6.07) is 0.760. The van der Waals surface area contributed by atoms with Crippen LogP contribution in [-0.4, -0.2) is 50.3 Å². The molecule has 16 heavy (non-hydrogen) atoms. The zero-order valence-corrected chi connectivity index (χ0v) is 10.8. The van der Waals surface area contributed by atoms with Gasteiger partial charge in [-0.05, 0) is 24.7 Å². The van der Waals surface area contributed by atoms with Gasteiger partial charge in [0.25, 0.3) is 0 Å². The Hall–Kier alpha value is -0.120. The van der Waals surface area contributed by atoms with Gasteiger partial charge in [-0.25, -0.2) is 0 Å². The van der Waals surface area contributed by atoms with Gasteiger partial charge < -0.3 is 10.1 Å². The number of hydrogen-bond donors (Lipinski definition) is 1. The minimum atomic E-state index is 0.566. The largest absolute Gasteiger partial charge is 0.379 e. The molecule has 0 spiro atoms. The Balaban J connectivity index is 1.58. The van der Waals surface area contributed by atoms with Crippen molar-refractivity contribution in [3.8, 4) is 0 Å². The van der Waals surface area contributed by atoms with Crippen LogP contribution in [0.5, 0.6) is 0 Å². The average Bonchev–Trinajstić information content (AvgIpc) is 2.60. The van der Waals surface area contributed by atoms with Crippen LogP contribution in [0.1, 0.15) is 33.1 Å². The van der Waals surface area contributed by atoms with Crippen LogP contribution in [-0.2, 0) is 4.74 Å². The molecule has 0 aromatic heterocycles. The van der Waals surface area contributed by atoms with Crippen LogP contribution in [0.3, 0.4) is 0 Å². The van der Waals surface area contributed by atoms with E-state index in [1.54, 1.807) is 0 Å². The summed E-state index contributed by atoms with van der Waals surface area (Å²) >= 11 is 0.